The van der Waals surface area contributed by atoms with Crippen LogP contribution in [-0.2, 0) is 12.0 Å². The fraction of sp³-hybridized carbons (Fsp3) is 0.625. The van der Waals surface area contributed by atoms with Crippen molar-refractivity contribution >= 4 is 0 Å². The van der Waals surface area contributed by atoms with Crippen LogP contribution in [-0.4, -0.2) is 35.0 Å². The zero-order chi connectivity index (χ0) is 22.4. The first kappa shape index (κ1) is 24.4. The summed E-state index contributed by atoms with van der Waals surface area (Å²) in [4.78, 5) is 0. The maximum atomic E-state index is 13.9. The van der Waals surface area contributed by atoms with Gasteiger partial charge >= 0.3 is 29.9 Å². The van der Waals surface area contributed by atoms with E-state index in [0.29, 0.717) is 6.92 Å². The number of aryl methyl sites for hydroxylation is 1. The van der Waals surface area contributed by atoms with Gasteiger partial charge in [-0.25, -0.2) is 0 Å². The van der Waals surface area contributed by atoms with Gasteiger partial charge in [-0.1, -0.05) is 31.2 Å². The van der Waals surface area contributed by atoms with Gasteiger partial charge in [0.2, 0.25) is 0 Å². The molecule has 0 heterocycles. The normalized spacial score (nSPS) is 16.8. The van der Waals surface area contributed by atoms with Crippen molar-refractivity contribution < 1.29 is 53.4 Å². The molecule has 1 aromatic carbocycles. The van der Waals surface area contributed by atoms with Crippen LogP contribution in [0.4, 0.5) is 48.3 Å². The summed E-state index contributed by atoms with van der Waals surface area (Å²) >= 11 is 0. The first-order chi connectivity index (χ1) is 12.3. The molecule has 12 heteroatoms. The van der Waals surface area contributed by atoms with Crippen LogP contribution in [0.1, 0.15) is 31.4 Å². The predicted molar refractivity (Wildman–Crippen MR) is 75.9 cm³/mol. The Morgan fingerprint density at radius 2 is 1.21 bits per heavy atom. The lowest BCUT2D eigenvalue weighted by atomic mass is 9.82. The standard InChI is InChI=1S/C16H15F11O/c1-3-9-6-4-5-7-10(9)11(2,28)8-12(17,18)13(19,20)14(21,22)15(23,24)16(25,26)27/h4-7,28H,3,8H2,1-2H3. The molecule has 0 aliphatic rings. The highest BCUT2D eigenvalue weighted by Gasteiger charge is 2.87. The summed E-state index contributed by atoms with van der Waals surface area (Å²) in [5.74, 6) is -28.2. The molecule has 28 heavy (non-hydrogen) atoms. The van der Waals surface area contributed by atoms with E-state index in [1.165, 1.54) is 25.1 Å². The van der Waals surface area contributed by atoms with Gasteiger partial charge < -0.3 is 5.11 Å². The topological polar surface area (TPSA) is 20.2 Å². The minimum Gasteiger partial charge on any atom is -0.385 e. The number of benzene rings is 1. The van der Waals surface area contributed by atoms with Gasteiger partial charge in [0.15, 0.2) is 0 Å². The third-order valence-electron chi connectivity index (χ3n) is 4.15. The van der Waals surface area contributed by atoms with E-state index in [2.05, 4.69) is 0 Å². The Kier molecular flexibility index (Phi) is 6.14. The minimum absolute atomic E-state index is 0.0938. The molecule has 162 valence electrons. The van der Waals surface area contributed by atoms with E-state index in [0.717, 1.165) is 6.07 Å². The van der Waals surface area contributed by atoms with Gasteiger partial charge in [0.1, 0.15) is 0 Å². The third kappa shape index (κ3) is 3.79. The van der Waals surface area contributed by atoms with Crippen molar-refractivity contribution in [2.45, 2.75) is 62.2 Å². The van der Waals surface area contributed by atoms with Crippen LogP contribution in [0.25, 0.3) is 0 Å². The van der Waals surface area contributed by atoms with E-state index in [1.54, 1.807) is 0 Å². The Hall–Kier alpha value is -1.59. The zero-order valence-corrected chi connectivity index (χ0v) is 14.3. The number of alkyl halides is 11. The molecule has 0 aliphatic heterocycles. The number of hydrogen-bond acceptors (Lipinski definition) is 1. The quantitative estimate of drug-likeness (QED) is 0.528. The Morgan fingerprint density at radius 3 is 1.64 bits per heavy atom. The lowest BCUT2D eigenvalue weighted by Gasteiger charge is -2.39. The molecular formula is C16H15F11O. The van der Waals surface area contributed by atoms with Crippen molar-refractivity contribution in [3.05, 3.63) is 35.4 Å². The molecule has 0 spiro atoms. The first-order valence-electron chi connectivity index (χ1n) is 7.65. The van der Waals surface area contributed by atoms with Crippen LogP contribution in [0.15, 0.2) is 24.3 Å². The van der Waals surface area contributed by atoms with Crippen molar-refractivity contribution in [1.82, 2.24) is 0 Å². The Balaban J connectivity index is 3.40. The molecule has 0 saturated carbocycles. The zero-order valence-electron chi connectivity index (χ0n) is 14.3. The molecule has 0 amide bonds. The maximum Gasteiger partial charge on any atom is 0.460 e. The molecule has 1 nitrogen and oxygen atoms in total. The van der Waals surface area contributed by atoms with Crippen LogP contribution >= 0.6 is 0 Å². The van der Waals surface area contributed by atoms with Gasteiger partial charge in [0.05, 0.1) is 12.0 Å². The van der Waals surface area contributed by atoms with Gasteiger partial charge in [-0.3, -0.25) is 0 Å². The summed E-state index contributed by atoms with van der Waals surface area (Å²) in [6.07, 6.45) is -9.66. The Morgan fingerprint density at radius 1 is 0.750 bits per heavy atom. The summed E-state index contributed by atoms with van der Waals surface area (Å²) in [5, 5.41) is 10.2. The number of halogens is 11. The molecule has 1 aromatic rings. The van der Waals surface area contributed by atoms with Crippen molar-refractivity contribution in [2.24, 2.45) is 0 Å². The summed E-state index contributed by atoms with van der Waals surface area (Å²) in [5.41, 5.74) is -3.18. The van der Waals surface area contributed by atoms with E-state index in [9.17, 15) is 53.4 Å². The molecule has 1 unspecified atom stereocenters. The molecule has 1 N–H and O–H groups in total. The average Bonchev–Trinajstić information content (AvgIpc) is 2.52. The molecule has 0 aromatic heterocycles. The smallest absolute Gasteiger partial charge is 0.385 e. The van der Waals surface area contributed by atoms with E-state index in [4.69, 9.17) is 0 Å². The molecule has 0 fully saturated rings. The molecule has 0 radical (unpaired) electrons. The van der Waals surface area contributed by atoms with Gasteiger partial charge in [0, 0.05) is 0 Å². The second-order valence-electron chi connectivity index (χ2n) is 6.39. The van der Waals surface area contributed by atoms with Gasteiger partial charge in [-0.2, -0.15) is 48.3 Å². The second-order valence-corrected chi connectivity index (χ2v) is 6.39. The van der Waals surface area contributed by atoms with E-state index < -0.39 is 41.9 Å². The number of rotatable bonds is 7. The largest absolute Gasteiger partial charge is 0.460 e. The second kappa shape index (κ2) is 7.03. The van der Waals surface area contributed by atoms with Crippen LogP contribution in [0, 0.1) is 0 Å². The number of hydrogen-bond donors (Lipinski definition) is 1. The van der Waals surface area contributed by atoms with E-state index >= 15 is 0 Å². The summed E-state index contributed by atoms with van der Waals surface area (Å²) in [7, 11) is 0. The Bertz CT molecular complexity index is 692. The molecule has 1 atom stereocenters. The van der Waals surface area contributed by atoms with Gasteiger partial charge in [-0.15, -0.1) is 0 Å². The molecular weight excluding hydrogens is 417 g/mol. The van der Waals surface area contributed by atoms with Crippen molar-refractivity contribution in [1.29, 1.82) is 0 Å². The van der Waals surface area contributed by atoms with Crippen molar-refractivity contribution in [2.75, 3.05) is 0 Å². The highest BCUT2D eigenvalue weighted by molar-refractivity contribution is 5.32. The van der Waals surface area contributed by atoms with Crippen LogP contribution in [0.3, 0.4) is 0 Å². The first-order valence-corrected chi connectivity index (χ1v) is 7.65. The van der Waals surface area contributed by atoms with Crippen molar-refractivity contribution in [3.63, 3.8) is 0 Å². The molecule has 0 bridgehead atoms. The molecule has 1 rings (SSSR count). The lowest BCUT2D eigenvalue weighted by Crippen LogP contribution is -2.67. The summed E-state index contributed by atoms with van der Waals surface area (Å²) in [6.45, 7) is 2.02. The van der Waals surface area contributed by atoms with Crippen LogP contribution in [0.2, 0.25) is 0 Å². The lowest BCUT2D eigenvalue weighted by molar-refractivity contribution is -0.424. The monoisotopic (exact) mass is 432 g/mol. The maximum absolute atomic E-state index is 13.9. The SMILES string of the molecule is CCc1ccccc1C(C)(O)CC(F)(F)C(F)(F)C(F)(F)C(F)(F)C(F)(F)F. The fourth-order valence-corrected chi connectivity index (χ4v) is 2.60. The summed E-state index contributed by atoms with van der Waals surface area (Å²) in [6, 6.07) is 4.90. The summed E-state index contributed by atoms with van der Waals surface area (Å²) < 4.78 is 144. The van der Waals surface area contributed by atoms with Gasteiger partial charge in [-0.05, 0) is 24.5 Å². The highest BCUT2D eigenvalue weighted by atomic mass is 19.4. The average molecular weight is 432 g/mol. The van der Waals surface area contributed by atoms with Crippen LogP contribution in [0.5, 0.6) is 0 Å². The number of aliphatic hydroxyl groups is 1. The minimum atomic E-state index is -7.48. The highest BCUT2D eigenvalue weighted by Crippen LogP contribution is 2.59. The van der Waals surface area contributed by atoms with Gasteiger partial charge in [0.25, 0.3) is 0 Å². The predicted octanol–water partition coefficient (Wildman–Crippen LogP) is 5.95. The van der Waals surface area contributed by atoms with E-state index in [1.807, 2.05) is 0 Å². The van der Waals surface area contributed by atoms with Crippen LogP contribution < -0.4 is 0 Å². The Labute approximate surface area is 152 Å². The fourth-order valence-electron chi connectivity index (χ4n) is 2.60. The van der Waals surface area contributed by atoms with Crippen molar-refractivity contribution in [3.8, 4) is 0 Å². The molecule has 0 aliphatic carbocycles. The molecule has 0 saturated heterocycles. The third-order valence-corrected chi connectivity index (χ3v) is 4.15. The van der Waals surface area contributed by atoms with E-state index in [-0.39, 0.29) is 17.5 Å².